The van der Waals surface area contributed by atoms with Crippen LogP contribution in [0, 0.1) is 5.92 Å². The first-order valence-electron chi connectivity index (χ1n) is 8.92. The van der Waals surface area contributed by atoms with Crippen molar-refractivity contribution in [1.29, 1.82) is 0 Å². The molecule has 146 valence electrons. The number of amides is 1. The predicted octanol–water partition coefficient (Wildman–Crippen LogP) is 5.03. The van der Waals surface area contributed by atoms with Gasteiger partial charge < -0.3 is 14.8 Å². The summed E-state index contributed by atoms with van der Waals surface area (Å²) in [7, 11) is 1.18. The minimum absolute atomic E-state index is 0.0841. The highest BCUT2D eigenvalue weighted by atomic mass is 19.4. The average Bonchev–Trinajstić information content (AvgIpc) is 2.59. The monoisotopic (exact) mass is 373 g/mol. The fourth-order valence-corrected chi connectivity index (χ4v) is 3.46. The van der Waals surface area contributed by atoms with Crippen molar-refractivity contribution in [1.82, 2.24) is 0 Å². The van der Waals surface area contributed by atoms with Crippen LogP contribution in [-0.4, -0.2) is 25.2 Å². The summed E-state index contributed by atoms with van der Waals surface area (Å²) in [5, 5.41) is 2.63. The average molecular weight is 373 g/mol. The Morgan fingerprint density at radius 3 is 2.69 bits per heavy atom. The molecule has 1 aliphatic rings. The topological polar surface area (TPSA) is 47.6 Å². The fourth-order valence-electron chi connectivity index (χ4n) is 3.46. The zero-order valence-corrected chi connectivity index (χ0v) is 15.4. The highest BCUT2D eigenvalue weighted by molar-refractivity contribution is 5.97. The molecule has 1 fully saturated rings. The van der Waals surface area contributed by atoms with Crippen LogP contribution in [0.1, 0.15) is 51.5 Å². The van der Waals surface area contributed by atoms with Gasteiger partial charge in [0, 0.05) is 12.3 Å². The lowest BCUT2D eigenvalue weighted by Gasteiger charge is -2.38. The largest absolute Gasteiger partial charge is 0.496 e. The summed E-state index contributed by atoms with van der Waals surface area (Å²) in [6.07, 6.45) is -0.779. The smallest absolute Gasteiger partial charge is 0.420 e. The van der Waals surface area contributed by atoms with E-state index in [-0.39, 0.29) is 17.3 Å². The molecule has 2 atom stereocenters. The molecule has 4 nitrogen and oxygen atoms in total. The first-order valence-corrected chi connectivity index (χ1v) is 8.92. The lowest BCUT2D eigenvalue weighted by atomic mass is 9.78. The van der Waals surface area contributed by atoms with Crippen LogP contribution in [0.3, 0.4) is 0 Å². The van der Waals surface area contributed by atoms with Crippen molar-refractivity contribution in [2.45, 2.75) is 57.7 Å². The maximum absolute atomic E-state index is 13.2. The van der Waals surface area contributed by atoms with E-state index in [1.165, 1.54) is 19.2 Å². The van der Waals surface area contributed by atoms with Crippen molar-refractivity contribution in [3.05, 3.63) is 23.8 Å². The van der Waals surface area contributed by atoms with Gasteiger partial charge in [-0.3, -0.25) is 4.79 Å². The van der Waals surface area contributed by atoms with Gasteiger partial charge >= 0.3 is 6.18 Å². The van der Waals surface area contributed by atoms with Gasteiger partial charge in [-0.25, -0.2) is 0 Å². The summed E-state index contributed by atoms with van der Waals surface area (Å²) in [6.45, 7) is 4.46. The quantitative estimate of drug-likeness (QED) is 0.761. The number of anilines is 1. The molecule has 1 amide bonds. The first-order chi connectivity index (χ1) is 12.2. The predicted molar refractivity (Wildman–Crippen MR) is 93.2 cm³/mol. The zero-order valence-electron chi connectivity index (χ0n) is 15.4. The summed E-state index contributed by atoms with van der Waals surface area (Å²) in [5.74, 6) is -0.331. The van der Waals surface area contributed by atoms with E-state index < -0.39 is 17.3 Å². The lowest BCUT2D eigenvalue weighted by Crippen LogP contribution is -2.48. The second-order valence-corrected chi connectivity index (χ2v) is 6.91. The number of carbonyl (C=O) groups is 1. The molecule has 2 rings (SSSR count). The second kappa shape index (κ2) is 8.29. The Hall–Kier alpha value is -1.76. The Kier molecular flexibility index (Phi) is 6.55. The van der Waals surface area contributed by atoms with Crippen molar-refractivity contribution in [2.24, 2.45) is 5.92 Å². The van der Waals surface area contributed by atoms with Crippen LogP contribution in [0.25, 0.3) is 0 Å². The van der Waals surface area contributed by atoms with Crippen LogP contribution < -0.4 is 10.1 Å². The highest BCUT2D eigenvalue weighted by Crippen LogP contribution is 2.39. The number of methoxy groups -OCH3 is 1. The zero-order chi connectivity index (χ0) is 19.4. The van der Waals surface area contributed by atoms with Crippen molar-refractivity contribution in [3.63, 3.8) is 0 Å². The number of hydrogen-bond donors (Lipinski definition) is 1. The number of alkyl halides is 3. The lowest BCUT2D eigenvalue weighted by molar-refractivity contribution is -0.148. The second-order valence-electron chi connectivity index (χ2n) is 6.91. The van der Waals surface area contributed by atoms with Crippen LogP contribution in [0.5, 0.6) is 5.75 Å². The molecular weight excluding hydrogens is 347 g/mol. The van der Waals surface area contributed by atoms with Crippen LogP contribution in [0.2, 0.25) is 0 Å². The van der Waals surface area contributed by atoms with E-state index in [0.717, 1.165) is 25.3 Å². The molecule has 0 aliphatic heterocycles. The summed E-state index contributed by atoms with van der Waals surface area (Å²) < 4.78 is 50.2. The van der Waals surface area contributed by atoms with E-state index in [1.54, 1.807) is 0 Å². The molecule has 0 spiro atoms. The van der Waals surface area contributed by atoms with Gasteiger partial charge in [-0.05, 0) is 49.8 Å². The molecule has 1 N–H and O–H groups in total. The molecule has 0 radical (unpaired) electrons. The van der Waals surface area contributed by atoms with E-state index in [0.29, 0.717) is 25.4 Å². The number of nitrogens with one attached hydrogen (secondary N) is 1. The minimum Gasteiger partial charge on any atom is -0.496 e. The van der Waals surface area contributed by atoms with Gasteiger partial charge in [-0.2, -0.15) is 13.2 Å². The van der Waals surface area contributed by atoms with E-state index in [4.69, 9.17) is 9.47 Å². The molecule has 0 aromatic heterocycles. The van der Waals surface area contributed by atoms with E-state index in [1.807, 2.05) is 6.92 Å². The number of ether oxygens (including phenoxy) is 2. The van der Waals surface area contributed by atoms with Gasteiger partial charge in [0.1, 0.15) is 11.4 Å². The van der Waals surface area contributed by atoms with Crippen LogP contribution in [0.4, 0.5) is 18.9 Å². The Morgan fingerprint density at radius 2 is 2.12 bits per heavy atom. The minimum atomic E-state index is -4.57. The molecule has 0 bridgehead atoms. The Balaban J connectivity index is 2.26. The van der Waals surface area contributed by atoms with Crippen molar-refractivity contribution >= 4 is 11.6 Å². The van der Waals surface area contributed by atoms with Gasteiger partial charge in [0.15, 0.2) is 0 Å². The molecule has 1 saturated carbocycles. The van der Waals surface area contributed by atoms with Gasteiger partial charge in [-0.1, -0.05) is 20.3 Å². The van der Waals surface area contributed by atoms with Gasteiger partial charge in [0.05, 0.1) is 12.7 Å². The third-order valence-electron chi connectivity index (χ3n) is 4.71. The molecule has 7 heteroatoms. The van der Waals surface area contributed by atoms with Crippen molar-refractivity contribution in [2.75, 3.05) is 19.0 Å². The summed E-state index contributed by atoms with van der Waals surface area (Å²) in [6, 6.07) is 3.52. The standard InChI is InChI=1S/C19H26F3NO3/c1-4-10-26-18(9-5-6-13(2)12-18)17(24)23-14-7-8-16(25-3)15(11-14)19(20,21)22/h7-8,11,13H,4-6,9-10,12H2,1-3H3,(H,23,24)/t13-,18-/m0/s1. The number of carbonyl (C=O) groups excluding carboxylic acids is 1. The number of halogens is 3. The van der Waals surface area contributed by atoms with E-state index in [9.17, 15) is 18.0 Å². The van der Waals surface area contributed by atoms with Crippen molar-refractivity contribution in [3.8, 4) is 5.75 Å². The Labute approximate surface area is 152 Å². The van der Waals surface area contributed by atoms with Gasteiger partial charge in [-0.15, -0.1) is 0 Å². The van der Waals surface area contributed by atoms with E-state index in [2.05, 4.69) is 12.2 Å². The van der Waals surface area contributed by atoms with Crippen LogP contribution in [-0.2, 0) is 15.7 Å². The third kappa shape index (κ3) is 4.69. The molecule has 1 aromatic rings. The first kappa shape index (κ1) is 20.6. The molecule has 0 unspecified atom stereocenters. The maximum Gasteiger partial charge on any atom is 0.420 e. The molecule has 1 aromatic carbocycles. The summed E-state index contributed by atoms with van der Waals surface area (Å²) in [5.41, 5.74) is -1.81. The van der Waals surface area contributed by atoms with E-state index >= 15 is 0 Å². The number of hydrogen-bond acceptors (Lipinski definition) is 3. The number of rotatable bonds is 6. The maximum atomic E-state index is 13.2. The number of benzene rings is 1. The van der Waals surface area contributed by atoms with Crippen molar-refractivity contribution < 1.29 is 27.4 Å². The molecular formula is C19H26F3NO3. The third-order valence-corrected chi connectivity index (χ3v) is 4.71. The van der Waals surface area contributed by atoms with Crippen LogP contribution in [0.15, 0.2) is 18.2 Å². The highest BCUT2D eigenvalue weighted by Gasteiger charge is 2.43. The van der Waals surface area contributed by atoms with Gasteiger partial charge in [0.2, 0.25) is 0 Å². The van der Waals surface area contributed by atoms with Crippen LogP contribution >= 0.6 is 0 Å². The fraction of sp³-hybridized carbons (Fsp3) is 0.632. The SMILES string of the molecule is CCCO[C@@]1(C(=O)Nc2ccc(OC)c(C(F)(F)F)c2)CCC[C@H](C)C1. The Morgan fingerprint density at radius 1 is 1.38 bits per heavy atom. The molecule has 1 aliphatic carbocycles. The van der Waals surface area contributed by atoms with Gasteiger partial charge in [0.25, 0.3) is 5.91 Å². The Bertz CT molecular complexity index is 633. The summed E-state index contributed by atoms with van der Waals surface area (Å²) in [4.78, 5) is 12.9. The molecule has 0 saturated heterocycles. The molecule has 26 heavy (non-hydrogen) atoms. The molecule has 0 heterocycles. The normalized spacial score (nSPS) is 23.5. The summed E-state index contributed by atoms with van der Waals surface area (Å²) >= 11 is 0.